The van der Waals surface area contributed by atoms with Gasteiger partial charge in [0.2, 0.25) is 11.8 Å². The average molecular weight is 541 g/mol. The maximum atomic E-state index is 13.5. The van der Waals surface area contributed by atoms with Gasteiger partial charge in [0.25, 0.3) is 0 Å². The Bertz CT molecular complexity index is 1290. The monoisotopic (exact) mass is 540 g/mol. The molecule has 0 radical (unpaired) electrons. The molecule has 10 nitrogen and oxygen atoms in total. The average Bonchev–Trinajstić information content (AvgIpc) is 3.01. The number of nitrogen functional groups attached to an aromatic ring is 1. The number of carboxylic acid groups (broad SMARTS) is 1. The van der Waals surface area contributed by atoms with Crippen molar-refractivity contribution in [3.63, 3.8) is 0 Å². The summed E-state index contributed by atoms with van der Waals surface area (Å²) in [4.78, 5) is 51.2. The number of rotatable bonds is 9. The lowest BCUT2D eigenvalue weighted by molar-refractivity contribution is -0.133. The number of anilines is 1. The predicted octanol–water partition coefficient (Wildman–Crippen LogP) is 3.68. The van der Waals surface area contributed by atoms with E-state index >= 15 is 0 Å². The number of amides is 4. The second-order valence-corrected chi connectivity index (χ2v) is 9.15. The number of carboxylic acids is 1. The van der Waals surface area contributed by atoms with Crippen LogP contribution in [0.2, 0.25) is 5.02 Å². The summed E-state index contributed by atoms with van der Waals surface area (Å²) in [6.07, 6.45) is 1.99. The van der Waals surface area contributed by atoms with Crippen LogP contribution in [0.25, 0.3) is 0 Å². The zero-order valence-electron chi connectivity index (χ0n) is 20.8. The van der Waals surface area contributed by atoms with E-state index in [1.165, 1.54) is 18.2 Å². The summed E-state index contributed by atoms with van der Waals surface area (Å²) in [7, 11) is 0. The molecule has 3 rings (SSSR count). The van der Waals surface area contributed by atoms with E-state index in [-0.39, 0.29) is 24.2 Å². The molecule has 2 atom stereocenters. The summed E-state index contributed by atoms with van der Waals surface area (Å²) in [5.74, 6) is -2.26. The van der Waals surface area contributed by atoms with E-state index in [1.54, 1.807) is 24.3 Å². The first kappa shape index (κ1) is 28.3. The summed E-state index contributed by atoms with van der Waals surface area (Å²) >= 11 is 6.18. The first-order valence-corrected chi connectivity index (χ1v) is 12.2. The van der Waals surface area contributed by atoms with Gasteiger partial charge in [-0.1, -0.05) is 37.7 Å². The summed E-state index contributed by atoms with van der Waals surface area (Å²) in [6.45, 7) is 8.72. The van der Waals surface area contributed by atoms with E-state index in [2.05, 4.69) is 23.8 Å². The molecule has 0 aromatic heterocycles. The van der Waals surface area contributed by atoms with Gasteiger partial charge in [-0.3, -0.25) is 14.5 Å². The van der Waals surface area contributed by atoms with Gasteiger partial charge in [0.15, 0.2) is 0 Å². The maximum Gasteiger partial charge on any atom is 0.337 e. The smallest absolute Gasteiger partial charge is 0.337 e. The molecular weight excluding hydrogens is 512 g/mol. The van der Waals surface area contributed by atoms with Crippen LogP contribution in [0.15, 0.2) is 61.4 Å². The molecule has 0 bridgehead atoms. The molecule has 1 unspecified atom stereocenters. The highest BCUT2D eigenvalue weighted by Crippen LogP contribution is 2.28. The molecule has 2 aromatic carbocycles. The zero-order chi connectivity index (χ0) is 28.0. The van der Waals surface area contributed by atoms with Crippen molar-refractivity contribution in [2.75, 3.05) is 18.8 Å². The number of benzene rings is 2. The van der Waals surface area contributed by atoms with Gasteiger partial charge in [0.05, 0.1) is 17.5 Å². The summed E-state index contributed by atoms with van der Waals surface area (Å²) < 4.78 is 5.69. The van der Waals surface area contributed by atoms with E-state index in [4.69, 9.17) is 22.1 Å². The number of nitrogens with one attached hydrogen (secondary N) is 2. The van der Waals surface area contributed by atoms with Gasteiger partial charge in [-0.15, -0.1) is 0 Å². The number of allylic oxidation sites excluding steroid dienone is 1. The van der Waals surface area contributed by atoms with Gasteiger partial charge in [-0.2, -0.15) is 0 Å². The van der Waals surface area contributed by atoms with Crippen LogP contribution in [0.3, 0.4) is 0 Å². The van der Waals surface area contributed by atoms with Crippen molar-refractivity contribution in [3.8, 4) is 5.75 Å². The lowest BCUT2D eigenvalue weighted by atomic mass is 9.97. The quantitative estimate of drug-likeness (QED) is 0.215. The standard InChI is InChI=1S/C27H29ClN4O6/c1-4-15(3)38-23-9-7-19(28)11-17(23)10-18-13-30-24(33)14-32(25(18)34)27(37)31-22(5-2)16-6-8-20(26(35)36)21(29)12-16/h4,6-9,11-12,18,22H,1,3,5,10,13-14,29H2,2H3,(H,30,33)(H,31,37)(H,35,36)/t18?,22-/m1/s1. The number of nitrogens with zero attached hydrogens (tertiary/aromatic N) is 1. The van der Waals surface area contributed by atoms with Gasteiger partial charge < -0.3 is 26.2 Å². The SMILES string of the molecule is C=CC(=C)Oc1ccc(Cl)cc1CC1CNC(=O)CN(C(=O)N[C@H](CC)c2ccc(C(=O)O)c(N)c2)C1=O. The van der Waals surface area contributed by atoms with Crippen molar-refractivity contribution < 1.29 is 29.0 Å². The fourth-order valence-electron chi connectivity index (χ4n) is 4.05. The predicted molar refractivity (Wildman–Crippen MR) is 143 cm³/mol. The minimum absolute atomic E-state index is 0.0141. The molecule has 1 fully saturated rings. The molecule has 0 aliphatic carbocycles. The third kappa shape index (κ3) is 6.71. The first-order chi connectivity index (χ1) is 18.0. The normalized spacial score (nSPS) is 16.2. The molecule has 0 spiro atoms. The Morgan fingerprint density at radius 2 is 2.05 bits per heavy atom. The Kier molecular flexibility index (Phi) is 9.14. The number of ether oxygens (including phenoxy) is 1. The van der Waals surface area contributed by atoms with Crippen LogP contribution in [0.1, 0.15) is 40.9 Å². The first-order valence-electron chi connectivity index (χ1n) is 11.8. The molecule has 38 heavy (non-hydrogen) atoms. The van der Waals surface area contributed by atoms with Crippen molar-refractivity contribution in [2.45, 2.75) is 25.8 Å². The lowest BCUT2D eigenvalue weighted by Crippen LogP contribution is -2.48. The number of hydrogen-bond donors (Lipinski definition) is 4. The highest BCUT2D eigenvalue weighted by molar-refractivity contribution is 6.30. The van der Waals surface area contributed by atoms with E-state index in [0.717, 1.165) is 4.90 Å². The van der Waals surface area contributed by atoms with Crippen LogP contribution >= 0.6 is 11.6 Å². The number of aromatic carboxylic acids is 1. The Morgan fingerprint density at radius 1 is 1.32 bits per heavy atom. The number of nitrogens with two attached hydrogens (primary N) is 1. The zero-order valence-corrected chi connectivity index (χ0v) is 21.6. The number of imide groups is 1. The van der Waals surface area contributed by atoms with Gasteiger partial charge in [0.1, 0.15) is 18.1 Å². The van der Waals surface area contributed by atoms with Crippen molar-refractivity contribution >= 4 is 41.1 Å². The fraction of sp³-hybridized carbons (Fsp3) is 0.259. The Balaban J connectivity index is 1.83. The molecular formula is C27H29ClN4O6. The largest absolute Gasteiger partial charge is 0.478 e. The van der Waals surface area contributed by atoms with Crippen LogP contribution in [-0.4, -0.2) is 46.9 Å². The number of halogens is 1. The van der Waals surface area contributed by atoms with Crippen molar-refractivity contribution in [1.29, 1.82) is 0 Å². The highest BCUT2D eigenvalue weighted by atomic mass is 35.5. The molecule has 4 amide bonds. The molecule has 1 saturated heterocycles. The minimum atomic E-state index is -1.17. The maximum absolute atomic E-state index is 13.5. The molecule has 11 heteroatoms. The fourth-order valence-corrected chi connectivity index (χ4v) is 4.24. The highest BCUT2D eigenvalue weighted by Gasteiger charge is 2.35. The van der Waals surface area contributed by atoms with Crippen LogP contribution in [0, 0.1) is 5.92 Å². The van der Waals surface area contributed by atoms with Crippen molar-refractivity contribution in [2.24, 2.45) is 5.92 Å². The molecule has 1 heterocycles. The second-order valence-electron chi connectivity index (χ2n) is 8.72. The summed E-state index contributed by atoms with van der Waals surface area (Å²) in [5, 5.41) is 15.1. The minimum Gasteiger partial charge on any atom is -0.478 e. The van der Waals surface area contributed by atoms with E-state index < -0.39 is 42.3 Å². The molecule has 2 aromatic rings. The summed E-state index contributed by atoms with van der Waals surface area (Å²) in [6, 6.07) is 7.96. The summed E-state index contributed by atoms with van der Waals surface area (Å²) in [5.41, 5.74) is 7.01. The topological polar surface area (TPSA) is 151 Å². The van der Waals surface area contributed by atoms with Crippen LogP contribution in [0.5, 0.6) is 5.75 Å². The molecule has 1 aliphatic rings. The molecule has 5 N–H and O–H groups in total. The molecule has 1 aliphatic heterocycles. The number of carbonyl (C=O) groups is 4. The third-order valence-corrected chi connectivity index (χ3v) is 6.31. The van der Waals surface area contributed by atoms with Crippen molar-refractivity contribution in [1.82, 2.24) is 15.5 Å². The second kappa shape index (κ2) is 12.3. The van der Waals surface area contributed by atoms with E-state index in [0.29, 0.717) is 34.1 Å². The van der Waals surface area contributed by atoms with Crippen LogP contribution < -0.4 is 21.1 Å². The molecule has 200 valence electrons. The Labute approximate surface area is 225 Å². The lowest BCUT2D eigenvalue weighted by Gasteiger charge is -2.26. The van der Waals surface area contributed by atoms with E-state index in [9.17, 15) is 24.3 Å². The van der Waals surface area contributed by atoms with Gasteiger partial charge in [-0.25, -0.2) is 9.59 Å². The number of urea groups is 1. The third-order valence-electron chi connectivity index (χ3n) is 6.08. The number of carbonyl (C=O) groups excluding carboxylic acids is 3. The Hall–Kier alpha value is -4.31. The van der Waals surface area contributed by atoms with Crippen LogP contribution in [-0.2, 0) is 16.0 Å². The number of hydrogen-bond acceptors (Lipinski definition) is 6. The van der Waals surface area contributed by atoms with E-state index in [1.807, 2.05) is 6.92 Å². The van der Waals surface area contributed by atoms with Gasteiger partial charge in [-0.05, 0) is 60.4 Å². The van der Waals surface area contributed by atoms with Crippen molar-refractivity contribution in [3.05, 3.63) is 83.1 Å². The van der Waals surface area contributed by atoms with Gasteiger partial charge in [0, 0.05) is 17.3 Å². The van der Waals surface area contributed by atoms with Gasteiger partial charge >= 0.3 is 12.0 Å². The Morgan fingerprint density at radius 3 is 2.68 bits per heavy atom. The van der Waals surface area contributed by atoms with Crippen LogP contribution in [0.4, 0.5) is 10.5 Å². The molecule has 0 saturated carbocycles.